The van der Waals surface area contributed by atoms with Gasteiger partial charge < -0.3 is 14.6 Å². The highest BCUT2D eigenvalue weighted by Crippen LogP contribution is 2.63. The molecule has 0 bridgehead atoms. The van der Waals surface area contributed by atoms with Crippen LogP contribution in [0.4, 0.5) is 0 Å². The fourth-order valence-corrected chi connectivity index (χ4v) is 3.31. The molecule has 110 valence electrons. The van der Waals surface area contributed by atoms with Gasteiger partial charge in [-0.25, -0.2) is 0 Å². The first-order valence-electron chi connectivity index (χ1n) is 7.70. The van der Waals surface area contributed by atoms with Gasteiger partial charge >= 0.3 is 5.97 Å². The third-order valence-electron chi connectivity index (χ3n) is 4.59. The topological polar surface area (TPSA) is 63.6 Å². The number of carbonyl (C=O) groups excluding carboxylic acids is 2. The summed E-state index contributed by atoms with van der Waals surface area (Å²) in [6.45, 7) is 2.05. The molecule has 0 saturated heterocycles. The van der Waals surface area contributed by atoms with Gasteiger partial charge in [-0.3, -0.25) is 4.79 Å². The molecule has 1 N–H and O–H groups in total. The Morgan fingerprint density at radius 1 is 1.30 bits per heavy atom. The summed E-state index contributed by atoms with van der Waals surface area (Å²) in [5.41, 5.74) is -0.221. The summed E-state index contributed by atoms with van der Waals surface area (Å²) in [6.07, 6.45) is 4.03. The van der Waals surface area contributed by atoms with Crippen molar-refractivity contribution in [3.63, 3.8) is 0 Å². The number of esters is 1. The molecule has 0 amide bonds. The van der Waals surface area contributed by atoms with Gasteiger partial charge in [0.25, 0.3) is 0 Å². The smallest absolute Gasteiger partial charge is 0.306 e. The first-order chi connectivity index (χ1) is 10.1. The third-order valence-corrected chi connectivity index (χ3v) is 4.59. The summed E-state index contributed by atoms with van der Waals surface area (Å²) in [5.74, 6) is 6.78. The number of aliphatic hydroxyl groups is 1. The molecule has 0 radical (unpaired) electrons. The summed E-state index contributed by atoms with van der Waals surface area (Å²) in [6, 6.07) is 0. The van der Waals surface area contributed by atoms with E-state index in [0.717, 1.165) is 25.7 Å². The summed E-state index contributed by atoms with van der Waals surface area (Å²) in [4.78, 5) is 22.6. The maximum Gasteiger partial charge on any atom is 0.306 e. The average Bonchev–Trinajstić information content (AvgIpc) is 2.98. The monoisotopic (exact) mass is 279 g/mol. The number of rotatable bonds is 7. The molecule has 0 aromatic heterocycles. The van der Waals surface area contributed by atoms with Crippen LogP contribution >= 0.6 is 0 Å². The SMILES string of the molecule is [2H]OCC1(COC(=O)CCC(C)=O)[C@@H]2CCC#CCC[C@@H]21. The Balaban J connectivity index is 1.88. The fourth-order valence-electron chi connectivity index (χ4n) is 3.31. The fraction of sp³-hybridized carbons (Fsp3) is 0.750. The average molecular weight is 279 g/mol. The van der Waals surface area contributed by atoms with Crippen LogP contribution in [0, 0.1) is 29.1 Å². The van der Waals surface area contributed by atoms with Crippen LogP contribution in [0.15, 0.2) is 0 Å². The van der Waals surface area contributed by atoms with Gasteiger partial charge in [0.2, 0.25) is 1.43 Å². The minimum Gasteiger partial charge on any atom is -0.465 e. The highest BCUT2D eigenvalue weighted by atomic mass is 16.5. The van der Waals surface area contributed by atoms with Gasteiger partial charge in [0.1, 0.15) is 5.78 Å². The molecule has 0 aromatic carbocycles. The normalized spacial score (nSPS) is 31.8. The molecular weight excluding hydrogens is 256 g/mol. The molecule has 2 aliphatic carbocycles. The van der Waals surface area contributed by atoms with Crippen molar-refractivity contribution < 1.29 is 19.4 Å². The van der Waals surface area contributed by atoms with Gasteiger partial charge in [-0.15, -0.1) is 11.8 Å². The number of fused-ring (bicyclic) bond motifs is 1. The van der Waals surface area contributed by atoms with Crippen molar-refractivity contribution in [3.8, 4) is 11.8 Å². The van der Waals surface area contributed by atoms with E-state index in [2.05, 4.69) is 16.9 Å². The van der Waals surface area contributed by atoms with E-state index in [0.29, 0.717) is 18.4 Å². The van der Waals surface area contributed by atoms with Crippen molar-refractivity contribution in [2.75, 3.05) is 13.2 Å². The third kappa shape index (κ3) is 3.21. The molecule has 4 nitrogen and oxygen atoms in total. The van der Waals surface area contributed by atoms with Gasteiger partial charge in [0.05, 0.1) is 19.6 Å². The lowest BCUT2D eigenvalue weighted by Gasteiger charge is -2.15. The summed E-state index contributed by atoms with van der Waals surface area (Å²) < 4.78 is 12.4. The van der Waals surface area contributed by atoms with Gasteiger partial charge in [0.15, 0.2) is 0 Å². The Bertz CT molecular complexity index is 445. The van der Waals surface area contributed by atoms with Gasteiger partial charge in [-0.05, 0) is 31.6 Å². The van der Waals surface area contributed by atoms with Gasteiger partial charge in [-0.1, -0.05) is 0 Å². The Labute approximate surface area is 121 Å². The van der Waals surface area contributed by atoms with E-state index >= 15 is 0 Å². The number of ether oxygens (including phenoxy) is 1. The molecule has 3 atom stereocenters. The van der Waals surface area contributed by atoms with E-state index in [4.69, 9.17) is 6.17 Å². The van der Waals surface area contributed by atoms with E-state index in [1.54, 1.807) is 0 Å². The molecule has 2 rings (SSSR count). The molecule has 4 heteroatoms. The summed E-state index contributed by atoms with van der Waals surface area (Å²) >= 11 is 0. The number of carbonyl (C=O) groups is 2. The maximum atomic E-state index is 11.7. The number of hydrogen-bond donors (Lipinski definition) is 1. The Hall–Kier alpha value is -1.34. The Morgan fingerprint density at radius 2 is 1.95 bits per heavy atom. The van der Waals surface area contributed by atoms with E-state index < -0.39 is 0 Å². The first kappa shape index (κ1) is 13.6. The van der Waals surface area contributed by atoms with Crippen molar-refractivity contribution in [1.82, 2.24) is 0 Å². The first-order valence-corrected chi connectivity index (χ1v) is 7.29. The Kier molecular flexibility index (Phi) is 4.37. The lowest BCUT2D eigenvalue weighted by atomic mass is 10.0. The second-order valence-corrected chi connectivity index (χ2v) is 5.88. The molecule has 20 heavy (non-hydrogen) atoms. The standard InChI is InChI=1S/C16H22O4/c1-12(18)8-9-15(19)20-11-16(10-17)13-6-4-2-3-5-7-14(13)16/h13-14,17H,4-11H2,1H3/t13-,14+,16?/i17D. The largest absolute Gasteiger partial charge is 0.465 e. The molecule has 1 saturated carbocycles. The predicted octanol–water partition coefficient (Wildman–Crippen LogP) is 1.70. The number of aliphatic hydroxyl groups excluding tert-OH is 1. The highest BCUT2D eigenvalue weighted by Gasteiger charge is 2.63. The van der Waals surface area contributed by atoms with Crippen LogP contribution in [-0.4, -0.2) is 31.5 Å². The highest BCUT2D eigenvalue weighted by molar-refractivity contribution is 5.80. The van der Waals surface area contributed by atoms with Crippen molar-refractivity contribution in [2.45, 2.75) is 45.4 Å². The number of Topliss-reactive ketones (excluding diaryl/α,β-unsaturated/α-hetero) is 1. The molecular formula is C16H22O4. The molecule has 0 heterocycles. The Morgan fingerprint density at radius 3 is 2.50 bits per heavy atom. The van der Waals surface area contributed by atoms with Crippen molar-refractivity contribution in [2.24, 2.45) is 17.3 Å². The second kappa shape index (κ2) is 6.41. The van der Waals surface area contributed by atoms with Crippen LogP contribution in [0.25, 0.3) is 0 Å². The predicted molar refractivity (Wildman–Crippen MR) is 73.6 cm³/mol. The zero-order valence-corrected chi connectivity index (χ0v) is 11.9. The van der Waals surface area contributed by atoms with Crippen molar-refractivity contribution in [1.29, 1.82) is 1.43 Å². The van der Waals surface area contributed by atoms with Gasteiger partial charge in [-0.2, -0.15) is 0 Å². The van der Waals surface area contributed by atoms with Crippen LogP contribution in [-0.2, 0) is 14.3 Å². The molecule has 1 unspecified atom stereocenters. The zero-order chi connectivity index (χ0) is 15.3. The van der Waals surface area contributed by atoms with Crippen LogP contribution in [0.1, 0.15) is 45.4 Å². The van der Waals surface area contributed by atoms with Crippen LogP contribution in [0.5, 0.6) is 0 Å². The van der Waals surface area contributed by atoms with E-state index in [9.17, 15) is 9.59 Å². The summed E-state index contributed by atoms with van der Waals surface area (Å²) in [7, 11) is 0. The lowest BCUT2D eigenvalue weighted by molar-refractivity contribution is -0.147. The minimum atomic E-state index is -0.343. The number of ketones is 1. The molecule has 0 spiro atoms. The zero-order valence-electron chi connectivity index (χ0n) is 12.9. The molecule has 0 aliphatic heterocycles. The van der Waals surface area contributed by atoms with Crippen LogP contribution in [0.3, 0.4) is 0 Å². The lowest BCUT2D eigenvalue weighted by Crippen LogP contribution is -2.22. The van der Waals surface area contributed by atoms with E-state index in [-0.39, 0.29) is 36.6 Å². The maximum absolute atomic E-state index is 11.7. The minimum absolute atomic E-state index is 0.0126. The van der Waals surface area contributed by atoms with Crippen molar-refractivity contribution in [3.05, 3.63) is 0 Å². The quantitative estimate of drug-likeness (QED) is 0.569. The number of hydrogen-bond acceptors (Lipinski definition) is 4. The van der Waals surface area contributed by atoms with E-state index in [1.807, 2.05) is 0 Å². The summed E-state index contributed by atoms with van der Waals surface area (Å²) in [5, 5.41) is 4.64. The molecule has 0 aromatic rings. The second-order valence-electron chi connectivity index (χ2n) is 5.88. The van der Waals surface area contributed by atoms with Crippen LogP contribution < -0.4 is 0 Å². The molecule has 1 fully saturated rings. The molecule has 2 aliphatic rings. The van der Waals surface area contributed by atoms with Gasteiger partial charge in [0, 0.05) is 24.7 Å². The van der Waals surface area contributed by atoms with Crippen molar-refractivity contribution >= 4 is 11.8 Å². The van der Waals surface area contributed by atoms with Crippen LogP contribution in [0.2, 0.25) is 0 Å². The van der Waals surface area contributed by atoms with E-state index in [1.165, 1.54) is 6.92 Å².